The van der Waals surface area contributed by atoms with Crippen LogP contribution in [0.4, 0.5) is 0 Å². The number of piperidine rings is 1. The number of aromatic nitrogens is 3. The normalized spacial score (nSPS) is 25.4. The summed E-state index contributed by atoms with van der Waals surface area (Å²) in [7, 11) is 0. The van der Waals surface area contributed by atoms with Gasteiger partial charge in [-0.15, -0.1) is 0 Å². The first-order valence-electron chi connectivity index (χ1n) is 9.54. The van der Waals surface area contributed by atoms with Crippen molar-refractivity contribution < 1.29 is 5.11 Å². The van der Waals surface area contributed by atoms with Crippen molar-refractivity contribution in [3.63, 3.8) is 0 Å². The maximum absolute atomic E-state index is 10.6. The van der Waals surface area contributed by atoms with E-state index in [1.165, 1.54) is 25.7 Å². The Balaban J connectivity index is 1.49. The van der Waals surface area contributed by atoms with Crippen LogP contribution in [0.15, 0.2) is 0 Å². The molecule has 2 saturated heterocycles. The fourth-order valence-corrected chi connectivity index (χ4v) is 4.15. The van der Waals surface area contributed by atoms with Crippen molar-refractivity contribution in [3.8, 4) is 0 Å². The lowest BCUT2D eigenvalue weighted by Gasteiger charge is -2.33. The second-order valence-electron chi connectivity index (χ2n) is 7.82. The van der Waals surface area contributed by atoms with Gasteiger partial charge in [0.25, 0.3) is 0 Å². The third kappa shape index (κ3) is 4.55. The molecule has 6 nitrogen and oxygen atoms in total. The lowest BCUT2D eigenvalue weighted by atomic mass is 9.99. The Morgan fingerprint density at radius 1 is 1.12 bits per heavy atom. The van der Waals surface area contributed by atoms with Crippen molar-refractivity contribution in [3.05, 3.63) is 11.6 Å². The van der Waals surface area contributed by atoms with Crippen LogP contribution >= 0.6 is 0 Å². The number of aliphatic hydroxyl groups is 1. The molecule has 0 aliphatic carbocycles. The quantitative estimate of drug-likeness (QED) is 0.853. The molecule has 0 radical (unpaired) electrons. The van der Waals surface area contributed by atoms with Crippen molar-refractivity contribution in [1.29, 1.82) is 0 Å². The Morgan fingerprint density at radius 2 is 1.88 bits per heavy atom. The highest BCUT2D eigenvalue weighted by atomic mass is 16.3. The van der Waals surface area contributed by atoms with Crippen LogP contribution in [-0.2, 0) is 6.54 Å². The minimum Gasteiger partial charge on any atom is -0.390 e. The van der Waals surface area contributed by atoms with Gasteiger partial charge in [0.1, 0.15) is 11.6 Å². The summed E-state index contributed by atoms with van der Waals surface area (Å²) in [6.45, 7) is 12.1. The predicted octanol–water partition coefficient (Wildman–Crippen LogP) is 1.45. The van der Waals surface area contributed by atoms with Crippen LogP contribution in [0.1, 0.15) is 44.3 Å². The van der Waals surface area contributed by atoms with Crippen molar-refractivity contribution >= 4 is 0 Å². The zero-order chi connectivity index (χ0) is 17.1. The molecule has 0 amide bonds. The third-order valence-electron chi connectivity index (χ3n) is 5.64. The molecule has 1 aromatic rings. The molecule has 2 fully saturated rings. The van der Waals surface area contributed by atoms with Crippen LogP contribution in [0.2, 0.25) is 0 Å². The van der Waals surface area contributed by atoms with E-state index in [0.717, 1.165) is 56.8 Å². The van der Waals surface area contributed by atoms with E-state index in [0.29, 0.717) is 6.04 Å². The van der Waals surface area contributed by atoms with Gasteiger partial charge in [0.2, 0.25) is 0 Å². The molecular weight excluding hydrogens is 302 g/mol. The monoisotopic (exact) mass is 335 g/mol. The molecule has 1 aromatic heterocycles. The fourth-order valence-electron chi connectivity index (χ4n) is 4.15. The van der Waals surface area contributed by atoms with Crippen LogP contribution in [0, 0.1) is 19.8 Å². The Morgan fingerprint density at radius 3 is 2.54 bits per heavy atom. The first-order chi connectivity index (χ1) is 11.5. The first kappa shape index (κ1) is 17.8. The maximum Gasteiger partial charge on any atom is 0.147 e. The highest BCUT2D eigenvalue weighted by Gasteiger charge is 2.28. The molecule has 2 aliphatic rings. The number of β-amino-alcohol motifs (C(OH)–C–C–N with tert-alkyl or cyclic N) is 1. The maximum atomic E-state index is 10.6. The molecule has 24 heavy (non-hydrogen) atoms. The van der Waals surface area contributed by atoms with E-state index < -0.39 is 0 Å². The molecule has 136 valence electrons. The summed E-state index contributed by atoms with van der Waals surface area (Å²) in [5, 5.41) is 15.0. The van der Waals surface area contributed by atoms with Gasteiger partial charge >= 0.3 is 0 Å². The van der Waals surface area contributed by atoms with Crippen molar-refractivity contribution in [1.82, 2.24) is 24.6 Å². The Hall–Kier alpha value is -0.980. The summed E-state index contributed by atoms with van der Waals surface area (Å²) in [6.07, 6.45) is 4.68. The minimum absolute atomic E-state index is 0.252. The SMILES string of the molecule is Cc1nc(C)n(C[C@@H]2CCCN2C[C@@H](O)CN2CCC(C)CC2)n1. The van der Waals surface area contributed by atoms with E-state index in [1.54, 1.807) is 0 Å². The smallest absolute Gasteiger partial charge is 0.147 e. The summed E-state index contributed by atoms with van der Waals surface area (Å²) in [5.41, 5.74) is 0. The zero-order valence-corrected chi connectivity index (χ0v) is 15.5. The number of hydrogen-bond donors (Lipinski definition) is 1. The van der Waals surface area contributed by atoms with E-state index in [1.807, 2.05) is 18.5 Å². The number of aryl methyl sites for hydroxylation is 2. The van der Waals surface area contributed by atoms with Gasteiger partial charge in [-0.25, -0.2) is 9.67 Å². The van der Waals surface area contributed by atoms with E-state index in [-0.39, 0.29) is 6.10 Å². The Kier molecular flexibility index (Phi) is 5.89. The van der Waals surface area contributed by atoms with E-state index >= 15 is 0 Å². The molecular formula is C18H33N5O. The van der Waals surface area contributed by atoms with Crippen LogP contribution in [0.25, 0.3) is 0 Å². The number of hydrogen-bond acceptors (Lipinski definition) is 5. The van der Waals surface area contributed by atoms with Crippen LogP contribution in [-0.4, -0.2) is 74.5 Å². The molecule has 0 saturated carbocycles. The zero-order valence-electron chi connectivity index (χ0n) is 15.5. The van der Waals surface area contributed by atoms with Crippen LogP contribution in [0.3, 0.4) is 0 Å². The number of aliphatic hydroxyl groups excluding tert-OH is 1. The van der Waals surface area contributed by atoms with Gasteiger partial charge in [-0.2, -0.15) is 5.10 Å². The highest BCUT2D eigenvalue weighted by molar-refractivity contribution is 4.90. The van der Waals surface area contributed by atoms with Gasteiger partial charge < -0.3 is 10.0 Å². The summed E-state index contributed by atoms with van der Waals surface area (Å²) in [4.78, 5) is 9.28. The molecule has 1 N–H and O–H groups in total. The first-order valence-corrected chi connectivity index (χ1v) is 9.54. The summed E-state index contributed by atoms with van der Waals surface area (Å²) in [5.74, 6) is 2.68. The van der Waals surface area contributed by atoms with E-state index in [9.17, 15) is 5.11 Å². The average Bonchev–Trinajstić information content (AvgIpc) is 3.08. The molecule has 0 aromatic carbocycles. The van der Waals surface area contributed by atoms with Gasteiger partial charge in [0.15, 0.2) is 0 Å². The second kappa shape index (κ2) is 7.93. The van der Waals surface area contributed by atoms with Crippen LogP contribution in [0.5, 0.6) is 0 Å². The standard InChI is InChI=1S/C18H33N5O/c1-14-6-9-21(10-7-14)12-18(24)13-22-8-4-5-17(22)11-23-16(3)19-15(2)20-23/h14,17-18,24H,4-13H2,1-3H3/t17-,18-/m0/s1. The number of nitrogens with zero attached hydrogens (tertiary/aromatic N) is 5. The minimum atomic E-state index is -0.252. The van der Waals surface area contributed by atoms with Crippen molar-refractivity contribution in [2.24, 2.45) is 5.92 Å². The molecule has 0 spiro atoms. The molecule has 3 heterocycles. The number of rotatable bonds is 6. The average molecular weight is 335 g/mol. The van der Waals surface area contributed by atoms with Crippen molar-refractivity contribution in [2.75, 3.05) is 32.7 Å². The van der Waals surface area contributed by atoms with Gasteiger partial charge in [-0.1, -0.05) is 6.92 Å². The van der Waals surface area contributed by atoms with Gasteiger partial charge in [0.05, 0.1) is 12.6 Å². The molecule has 3 rings (SSSR count). The summed E-state index contributed by atoms with van der Waals surface area (Å²) in [6, 6.07) is 0.473. The summed E-state index contributed by atoms with van der Waals surface area (Å²) < 4.78 is 2.02. The van der Waals surface area contributed by atoms with Crippen LogP contribution < -0.4 is 0 Å². The fraction of sp³-hybridized carbons (Fsp3) is 0.889. The number of likely N-dealkylation sites (tertiary alicyclic amines) is 2. The lowest BCUT2D eigenvalue weighted by Crippen LogP contribution is -2.45. The van der Waals surface area contributed by atoms with Crippen molar-refractivity contribution in [2.45, 2.75) is 65.1 Å². The summed E-state index contributed by atoms with van der Waals surface area (Å²) >= 11 is 0. The molecule has 0 bridgehead atoms. The molecule has 0 unspecified atom stereocenters. The second-order valence-corrected chi connectivity index (χ2v) is 7.82. The van der Waals surface area contributed by atoms with E-state index in [4.69, 9.17) is 0 Å². The molecule has 6 heteroatoms. The van der Waals surface area contributed by atoms with Gasteiger partial charge in [-0.05, 0) is 65.1 Å². The van der Waals surface area contributed by atoms with Gasteiger partial charge in [-0.3, -0.25) is 4.90 Å². The predicted molar refractivity (Wildman–Crippen MR) is 94.9 cm³/mol. The Bertz CT molecular complexity index is 523. The topological polar surface area (TPSA) is 57.4 Å². The lowest BCUT2D eigenvalue weighted by molar-refractivity contribution is 0.0552. The molecule has 2 aliphatic heterocycles. The Labute approximate surface area is 145 Å². The van der Waals surface area contributed by atoms with E-state index in [2.05, 4.69) is 26.8 Å². The largest absolute Gasteiger partial charge is 0.390 e. The molecule has 2 atom stereocenters. The third-order valence-corrected chi connectivity index (χ3v) is 5.64. The highest BCUT2D eigenvalue weighted by Crippen LogP contribution is 2.20. The van der Waals surface area contributed by atoms with Gasteiger partial charge in [0, 0.05) is 19.1 Å².